The van der Waals surface area contributed by atoms with Crippen LogP contribution in [0.4, 0.5) is 5.69 Å². The number of benzene rings is 3. The van der Waals surface area contributed by atoms with Crippen molar-refractivity contribution in [2.24, 2.45) is 14.1 Å². The minimum Gasteiger partial charge on any atom is -0.344 e. The second-order valence-electron chi connectivity index (χ2n) is 9.90. The number of aromatic nitrogens is 2. The molecule has 0 amide bonds. The summed E-state index contributed by atoms with van der Waals surface area (Å²) < 4.78 is 7.94. The molecule has 3 aromatic carbocycles. The summed E-state index contributed by atoms with van der Waals surface area (Å²) in [5.41, 5.74) is 7.08. The van der Waals surface area contributed by atoms with Gasteiger partial charge in [0.05, 0.1) is 9.95 Å². The molecule has 35 heavy (non-hydrogen) atoms. The van der Waals surface area contributed by atoms with Gasteiger partial charge in [0.1, 0.15) is 11.7 Å². The van der Waals surface area contributed by atoms with Gasteiger partial charge in [-0.15, -0.1) is 11.3 Å². The molecule has 1 aliphatic rings. The molecule has 0 aliphatic carbocycles. The maximum atomic E-state index is 13.2. The van der Waals surface area contributed by atoms with Crippen molar-refractivity contribution in [3.63, 3.8) is 0 Å². The van der Waals surface area contributed by atoms with Gasteiger partial charge in [-0.05, 0) is 43.7 Å². The van der Waals surface area contributed by atoms with E-state index in [1.54, 1.807) is 15.9 Å². The third-order valence-electron chi connectivity index (χ3n) is 7.50. The van der Waals surface area contributed by atoms with E-state index in [2.05, 4.69) is 110 Å². The van der Waals surface area contributed by atoms with Crippen LogP contribution in [0.15, 0.2) is 71.5 Å². The molecule has 0 bridgehead atoms. The third-order valence-corrected chi connectivity index (χ3v) is 8.61. The van der Waals surface area contributed by atoms with Crippen molar-refractivity contribution in [2.45, 2.75) is 19.3 Å². The molecule has 0 radical (unpaired) electrons. The van der Waals surface area contributed by atoms with Crippen molar-refractivity contribution in [1.29, 1.82) is 0 Å². The summed E-state index contributed by atoms with van der Waals surface area (Å²) in [6, 6.07) is 23.4. The molecule has 0 saturated heterocycles. The molecule has 0 N–H and O–H groups in total. The number of thiazole rings is 1. The van der Waals surface area contributed by atoms with Gasteiger partial charge in [-0.3, -0.25) is 4.79 Å². The quantitative estimate of drug-likeness (QED) is 0.346. The Hall–Kier alpha value is -3.70. The van der Waals surface area contributed by atoms with E-state index < -0.39 is 0 Å². The summed E-state index contributed by atoms with van der Waals surface area (Å²) in [4.78, 5) is 13.2. The molecule has 1 aliphatic heterocycles. The van der Waals surface area contributed by atoms with Crippen LogP contribution >= 0.6 is 11.3 Å². The smallest absolute Gasteiger partial charge is 0.268 e. The van der Waals surface area contributed by atoms with Crippen LogP contribution in [0.3, 0.4) is 0 Å². The van der Waals surface area contributed by atoms with E-state index in [0.717, 1.165) is 14.8 Å². The maximum Gasteiger partial charge on any atom is 0.268 e. The van der Waals surface area contributed by atoms with Gasteiger partial charge >= 0.3 is 0 Å². The summed E-state index contributed by atoms with van der Waals surface area (Å²) in [6.07, 6.45) is 4.20. The molecule has 0 atom stereocenters. The molecule has 2 aromatic heterocycles. The molecule has 4 nitrogen and oxygen atoms in total. The lowest BCUT2D eigenvalue weighted by atomic mass is 9.81. The minimum atomic E-state index is -0.130. The second kappa shape index (κ2) is 7.65. The number of hydrogen-bond acceptors (Lipinski definition) is 2. The van der Waals surface area contributed by atoms with Gasteiger partial charge in [0, 0.05) is 53.6 Å². The maximum absolute atomic E-state index is 13.2. The lowest BCUT2D eigenvalue weighted by Gasteiger charge is -2.14. The topological polar surface area (TPSA) is 29.9 Å². The SMILES string of the molecule is Cn1c(=CC2=[N+](C)c3ccccc3C2(C)C)sc(=Cc2ccc3c(c2)c2ccccc2n3C)c1=O. The van der Waals surface area contributed by atoms with E-state index in [1.807, 2.05) is 13.1 Å². The molecule has 6 rings (SSSR count). The number of aryl methyl sites for hydroxylation is 1. The Morgan fingerprint density at radius 2 is 1.57 bits per heavy atom. The normalized spacial score (nSPS) is 16.1. The van der Waals surface area contributed by atoms with Gasteiger partial charge in [0.15, 0.2) is 5.71 Å². The Bertz CT molecular complexity index is 1880. The lowest BCUT2D eigenvalue weighted by Crippen LogP contribution is -2.32. The molecule has 0 fully saturated rings. The molecular formula is C30H28N3OS+. The Labute approximate surface area is 208 Å². The minimum absolute atomic E-state index is 0.0378. The van der Waals surface area contributed by atoms with E-state index >= 15 is 0 Å². The van der Waals surface area contributed by atoms with Crippen molar-refractivity contribution in [1.82, 2.24) is 9.13 Å². The monoisotopic (exact) mass is 478 g/mol. The van der Waals surface area contributed by atoms with Crippen LogP contribution in [-0.2, 0) is 19.5 Å². The molecule has 174 valence electrons. The van der Waals surface area contributed by atoms with E-state index in [4.69, 9.17) is 0 Å². The van der Waals surface area contributed by atoms with Crippen LogP contribution in [-0.4, -0.2) is 26.5 Å². The molecule has 5 aromatic rings. The zero-order chi connectivity index (χ0) is 24.5. The van der Waals surface area contributed by atoms with Crippen molar-refractivity contribution in [3.8, 4) is 0 Å². The van der Waals surface area contributed by atoms with Gasteiger partial charge < -0.3 is 9.13 Å². The standard InChI is InChI=1S/C30H28N3OS/c1-30(2)22-11-7-9-13-25(22)32(4)27(30)18-28-33(5)29(34)26(35-28)17-19-14-15-24-21(16-19)20-10-6-8-12-23(20)31(24)3/h6-18H,1-5H3/q+1. The van der Waals surface area contributed by atoms with Crippen LogP contribution in [0.25, 0.3) is 34.0 Å². The van der Waals surface area contributed by atoms with Crippen molar-refractivity contribution in [2.75, 3.05) is 7.05 Å². The van der Waals surface area contributed by atoms with Gasteiger partial charge in [-0.25, -0.2) is 0 Å². The van der Waals surface area contributed by atoms with E-state index in [9.17, 15) is 4.79 Å². The Morgan fingerprint density at radius 3 is 2.37 bits per heavy atom. The fourth-order valence-electron chi connectivity index (χ4n) is 5.51. The highest BCUT2D eigenvalue weighted by atomic mass is 32.1. The van der Waals surface area contributed by atoms with Crippen LogP contribution in [0.2, 0.25) is 0 Å². The summed E-state index contributed by atoms with van der Waals surface area (Å²) >= 11 is 1.55. The molecule has 3 heterocycles. The van der Waals surface area contributed by atoms with Crippen LogP contribution in [0.5, 0.6) is 0 Å². The second-order valence-corrected chi connectivity index (χ2v) is 11.0. The molecule has 0 spiro atoms. The van der Waals surface area contributed by atoms with Crippen molar-refractivity contribution in [3.05, 3.63) is 97.4 Å². The van der Waals surface area contributed by atoms with Gasteiger partial charge in [0.25, 0.3) is 5.56 Å². The largest absolute Gasteiger partial charge is 0.344 e. The van der Waals surface area contributed by atoms with Crippen LogP contribution < -0.4 is 14.8 Å². The van der Waals surface area contributed by atoms with Gasteiger partial charge in [-0.2, -0.15) is 4.58 Å². The number of fused-ring (bicyclic) bond motifs is 4. The predicted molar refractivity (Wildman–Crippen MR) is 148 cm³/mol. The third kappa shape index (κ3) is 3.18. The number of para-hydroxylation sites is 2. The molecular weight excluding hydrogens is 450 g/mol. The van der Waals surface area contributed by atoms with E-state index in [0.29, 0.717) is 0 Å². The lowest BCUT2D eigenvalue weighted by molar-refractivity contribution is -0.400. The average Bonchev–Trinajstić information content (AvgIpc) is 3.37. The zero-order valence-corrected chi connectivity index (χ0v) is 21.5. The molecule has 0 unspecified atom stereocenters. The van der Waals surface area contributed by atoms with Crippen molar-refractivity contribution >= 4 is 56.7 Å². The highest BCUT2D eigenvalue weighted by molar-refractivity contribution is 7.07. The summed E-state index contributed by atoms with van der Waals surface area (Å²) in [5.74, 6) is 0. The van der Waals surface area contributed by atoms with E-state index in [1.165, 1.54) is 38.8 Å². The van der Waals surface area contributed by atoms with Gasteiger partial charge in [-0.1, -0.05) is 42.5 Å². The van der Waals surface area contributed by atoms with Crippen LogP contribution in [0.1, 0.15) is 25.0 Å². The number of rotatable bonds is 2. The first-order chi connectivity index (χ1) is 16.8. The van der Waals surface area contributed by atoms with E-state index in [-0.39, 0.29) is 11.0 Å². The Balaban J connectivity index is 1.51. The fourth-order valence-corrected chi connectivity index (χ4v) is 6.55. The van der Waals surface area contributed by atoms with Crippen LogP contribution in [0, 0.1) is 0 Å². The zero-order valence-electron chi connectivity index (χ0n) is 20.7. The molecule has 0 saturated carbocycles. The average molecular weight is 479 g/mol. The first kappa shape index (κ1) is 21.8. The van der Waals surface area contributed by atoms with Gasteiger partial charge in [0.2, 0.25) is 5.69 Å². The summed E-state index contributed by atoms with van der Waals surface area (Å²) in [6.45, 7) is 4.50. The van der Waals surface area contributed by atoms with Crippen molar-refractivity contribution < 1.29 is 4.58 Å². The highest BCUT2D eigenvalue weighted by Gasteiger charge is 2.42. The number of hydrogen-bond donors (Lipinski definition) is 0. The summed E-state index contributed by atoms with van der Waals surface area (Å²) in [5, 5.41) is 2.44. The first-order valence-electron chi connectivity index (χ1n) is 11.8. The Kier molecular flexibility index (Phi) is 4.77. The summed E-state index contributed by atoms with van der Waals surface area (Å²) in [7, 11) is 6.08. The predicted octanol–water partition coefficient (Wildman–Crippen LogP) is 4.41. The fraction of sp³-hybridized carbons (Fsp3) is 0.200. The number of nitrogens with zero attached hydrogens (tertiary/aromatic N) is 3. The first-order valence-corrected chi connectivity index (χ1v) is 12.7. The Morgan fingerprint density at radius 1 is 0.857 bits per heavy atom. The molecule has 5 heteroatoms. The highest BCUT2D eigenvalue weighted by Crippen LogP contribution is 2.39.